The fourth-order valence-electron chi connectivity index (χ4n) is 2.15. The Morgan fingerprint density at radius 1 is 1.31 bits per heavy atom. The van der Waals surface area contributed by atoms with Crippen molar-refractivity contribution >= 4 is 17.7 Å². The molecule has 0 radical (unpaired) electrons. The lowest BCUT2D eigenvalue weighted by Crippen LogP contribution is -2.57. The molecule has 0 aromatic heterocycles. The Morgan fingerprint density at radius 2 is 1.94 bits per heavy atom. The average Bonchev–Trinajstić information content (AvgIpc) is 2.62. The van der Waals surface area contributed by atoms with E-state index in [0.717, 1.165) is 13.0 Å². The van der Waals surface area contributed by atoms with Crippen LogP contribution in [0.15, 0.2) is 0 Å². The topological polar surface area (TPSA) is 78.5 Å². The van der Waals surface area contributed by atoms with E-state index < -0.39 is 11.8 Å². The summed E-state index contributed by atoms with van der Waals surface area (Å²) >= 11 is 0. The number of imide groups is 1. The van der Waals surface area contributed by atoms with Gasteiger partial charge in [-0.3, -0.25) is 19.7 Å². The van der Waals surface area contributed by atoms with E-state index in [1.54, 1.807) is 0 Å². The Bertz CT molecular complexity index is 326. The van der Waals surface area contributed by atoms with E-state index in [1.165, 1.54) is 4.90 Å². The van der Waals surface area contributed by atoms with Crippen LogP contribution in [0, 0.1) is 5.92 Å². The molecule has 0 bridgehead atoms. The quantitative estimate of drug-likeness (QED) is 0.531. The van der Waals surface area contributed by atoms with E-state index in [9.17, 15) is 14.4 Å². The van der Waals surface area contributed by atoms with E-state index in [2.05, 4.69) is 10.6 Å². The maximum absolute atomic E-state index is 12.0. The maximum atomic E-state index is 12.0. The second-order valence-electron chi connectivity index (χ2n) is 4.36. The molecule has 0 saturated carbocycles. The van der Waals surface area contributed by atoms with Crippen LogP contribution in [0.3, 0.4) is 0 Å². The van der Waals surface area contributed by atoms with Crippen LogP contribution < -0.4 is 10.6 Å². The number of hydrogen-bond acceptors (Lipinski definition) is 4. The monoisotopic (exact) mass is 225 g/mol. The molecule has 2 rings (SSSR count). The average molecular weight is 225 g/mol. The molecule has 6 heteroatoms. The molecule has 16 heavy (non-hydrogen) atoms. The van der Waals surface area contributed by atoms with Crippen molar-refractivity contribution in [2.75, 3.05) is 19.6 Å². The van der Waals surface area contributed by atoms with Gasteiger partial charge in [0.15, 0.2) is 0 Å². The summed E-state index contributed by atoms with van der Waals surface area (Å²) in [7, 11) is 0. The number of hydrogen-bond donors (Lipinski definition) is 2. The Morgan fingerprint density at radius 3 is 2.44 bits per heavy atom. The Kier molecular flexibility index (Phi) is 2.91. The third-order valence-corrected chi connectivity index (χ3v) is 3.06. The fraction of sp³-hybridized carbons (Fsp3) is 0.700. The van der Waals surface area contributed by atoms with Crippen LogP contribution in [0.4, 0.5) is 0 Å². The van der Waals surface area contributed by atoms with E-state index >= 15 is 0 Å². The molecule has 2 aliphatic heterocycles. The van der Waals surface area contributed by atoms with Gasteiger partial charge in [-0.15, -0.1) is 0 Å². The number of piperazine rings is 1. The first-order chi connectivity index (χ1) is 7.58. The number of rotatable bonds is 1. The summed E-state index contributed by atoms with van der Waals surface area (Å²) in [6.45, 7) is 2.77. The van der Waals surface area contributed by atoms with Crippen molar-refractivity contribution in [3.63, 3.8) is 0 Å². The zero-order valence-corrected chi connectivity index (χ0v) is 9.16. The van der Waals surface area contributed by atoms with Gasteiger partial charge in [0.25, 0.3) is 0 Å². The van der Waals surface area contributed by atoms with Crippen molar-refractivity contribution < 1.29 is 14.4 Å². The minimum atomic E-state index is -0.407. The van der Waals surface area contributed by atoms with E-state index in [4.69, 9.17) is 0 Å². The Balaban J connectivity index is 2.03. The van der Waals surface area contributed by atoms with Crippen LogP contribution in [-0.4, -0.2) is 48.3 Å². The molecule has 6 nitrogen and oxygen atoms in total. The van der Waals surface area contributed by atoms with Gasteiger partial charge in [0.05, 0.1) is 6.04 Å². The number of nitrogens with zero attached hydrogens (tertiary/aromatic N) is 1. The van der Waals surface area contributed by atoms with E-state index in [1.807, 2.05) is 6.92 Å². The molecule has 0 spiro atoms. The van der Waals surface area contributed by atoms with Gasteiger partial charge in [-0.1, -0.05) is 6.92 Å². The zero-order valence-electron chi connectivity index (χ0n) is 9.16. The van der Waals surface area contributed by atoms with Crippen LogP contribution in [-0.2, 0) is 14.4 Å². The van der Waals surface area contributed by atoms with E-state index in [-0.39, 0.29) is 31.0 Å². The number of nitrogens with one attached hydrogen (secondary N) is 2. The number of carbonyl (C=O) groups excluding carboxylic acids is 3. The molecule has 0 aromatic rings. The number of carbonyl (C=O) groups is 3. The van der Waals surface area contributed by atoms with E-state index in [0.29, 0.717) is 0 Å². The summed E-state index contributed by atoms with van der Waals surface area (Å²) < 4.78 is 0. The van der Waals surface area contributed by atoms with Gasteiger partial charge in [0.2, 0.25) is 17.7 Å². The van der Waals surface area contributed by atoms with Gasteiger partial charge in [-0.25, -0.2) is 0 Å². The van der Waals surface area contributed by atoms with Gasteiger partial charge in [-0.05, 0) is 18.9 Å². The highest BCUT2D eigenvalue weighted by molar-refractivity contribution is 6.03. The summed E-state index contributed by atoms with van der Waals surface area (Å²) in [4.78, 5) is 35.6. The van der Waals surface area contributed by atoms with Crippen LogP contribution in [0.25, 0.3) is 0 Å². The summed E-state index contributed by atoms with van der Waals surface area (Å²) in [5.74, 6) is -0.703. The highest BCUT2D eigenvalue weighted by atomic mass is 16.2. The summed E-state index contributed by atoms with van der Waals surface area (Å²) in [5.41, 5.74) is 0. The van der Waals surface area contributed by atoms with Crippen LogP contribution in [0.2, 0.25) is 0 Å². The first-order valence-corrected chi connectivity index (χ1v) is 5.43. The van der Waals surface area contributed by atoms with Crippen molar-refractivity contribution in [2.24, 2.45) is 5.92 Å². The molecule has 3 amide bonds. The van der Waals surface area contributed by atoms with Crippen molar-refractivity contribution in [2.45, 2.75) is 19.4 Å². The molecule has 88 valence electrons. The van der Waals surface area contributed by atoms with Gasteiger partial charge in [0, 0.05) is 0 Å². The Hall–Kier alpha value is -1.43. The molecular formula is C10H15N3O3. The van der Waals surface area contributed by atoms with Gasteiger partial charge < -0.3 is 10.2 Å². The third-order valence-electron chi connectivity index (χ3n) is 3.06. The molecule has 2 atom stereocenters. The van der Waals surface area contributed by atoms with Crippen molar-refractivity contribution in [1.82, 2.24) is 15.5 Å². The molecule has 2 aliphatic rings. The lowest BCUT2D eigenvalue weighted by atomic mass is 10.0. The largest absolute Gasteiger partial charge is 0.323 e. The predicted molar refractivity (Wildman–Crippen MR) is 55.3 cm³/mol. The molecule has 2 heterocycles. The fourth-order valence-corrected chi connectivity index (χ4v) is 2.15. The zero-order chi connectivity index (χ0) is 11.7. The molecule has 0 aromatic carbocycles. The molecule has 2 N–H and O–H groups in total. The molecule has 0 aliphatic carbocycles. The highest BCUT2D eigenvalue weighted by Gasteiger charge is 2.35. The summed E-state index contributed by atoms with van der Waals surface area (Å²) in [6, 6.07) is -0.251. The van der Waals surface area contributed by atoms with Gasteiger partial charge >= 0.3 is 0 Å². The van der Waals surface area contributed by atoms with Gasteiger partial charge in [-0.2, -0.15) is 0 Å². The first-order valence-electron chi connectivity index (χ1n) is 5.43. The Labute approximate surface area is 93.4 Å². The smallest absolute Gasteiger partial charge is 0.246 e. The molecular weight excluding hydrogens is 210 g/mol. The lowest BCUT2D eigenvalue weighted by molar-refractivity contribution is -0.146. The van der Waals surface area contributed by atoms with Crippen molar-refractivity contribution in [1.29, 1.82) is 0 Å². The second-order valence-corrected chi connectivity index (χ2v) is 4.36. The number of amides is 3. The normalized spacial score (nSPS) is 30.4. The van der Waals surface area contributed by atoms with Crippen molar-refractivity contribution in [3.05, 3.63) is 0 Å². The minimum Gasteiger partial charge on any atom is -0.323 e. The van der Waals surface area contributed by atoms with Crippen molar-refractivity contribution in [3.8, 4) is 0 Å². The maximum Gasteiger partial charge on any atom is 0.246 e. The highest BCUT2D eigenvalue weighted by Crippen LogP contribution is 2.16. The van der Waals surface area contributed by atoms with Crippen LogP contribution >= 0.6 is 0 Å². The third kappa shape index (κ3) is 2.06. The van der Waals surface area contributed by atoms with Crippen LogP contribution in [0.1, 0.15) is 13.3 Å². The predicted octanol–water partition coefficient (Wildman–Crippen LogP) is -1.53. The standard InChI is InChI=1S/C10H15N3O3/c1-6-2-3-11-9(6)10(16)13-4-7(14)12-8(15)5-13/h6,9,11H,2-5H2,1H3,(H,12,14,15). The van der Waals surface area contributed by atoms with Crippen LogP contribution in [0.5, 0.6) is 0 Å². The minimum absolute atomic E-state index is 0.0184. The second kappa shape index (κ2) is 4.21. The summed E-state index contributed by atoms with van der Waals surface area (Å²) in [5, 5.41) is 5.27. The summed E-state index contributed by atoms with van der Waals surface area (Å²) in [6.07, 6.45) is 0.949. The lowest BCUT2D eigenvalue weighted by Gasteiger charge is -2.29. The molecule has 2 fully saturated rings. The SMILES string of the molecule is CC1CCNC1C(=O)N1CC(=O)NC(=O)C1. The molecule has 2 unspecified atom stereocenters. The molecule has 2 saturated heterocycles. The van der Waals surface area contributed by atoms with Gasteiger partial charge in [0.1, 0.15) is 13.1 Å². The first kappa shape index (κ1) is 11.1.